The molecule has 0 spiro atoms. The Labute approximate surface area is 113 Å². The van der Waals surface area contributed by atoms with Crippen molar-refractivity contribution in [2.24, 2.45) is 0 Å². The van der Waals surface area contributed by atoms with Crippen LogP contribution in [0.4, 0.5) is 4.39 Å². The van der Waals surface area contributed by atoms with E-state index in [2.05, 4.69) is 5.10 Å². The van der Waals surface area contributed by atoms with Gasteiger partial charge >= 0.3 is 5.97 Å². The van der Waals surface area contributed by atoms with Gasteiger partial charge in [-0.15, -0.1) is 0 Å². The number of aromatic nitrogens is 2. The minimum Gasteiger partial charge on any atom is -0.478 e. The van der Waals surface area contributed by atoms with Gasteiger partial charge in [0.15, 0.2) is 0 Å². The number of carboxylic acids is 1. The molecule has 7 heteroatoms. The van der Waals surface area contributed by atoms with Crippen LogP contribution in [0.25, 0.3) is 5.69 Å². The molecule has 0 amide bonds. The fourth-order valence-electron chi connectivity index (χ4n) is 1.67. The molecule has 0 aliphatic heterocycles. The number of ether oxygens (including phenoxy) is 1. The summed E-state index contributed by atoms with van der Waals surface area (Å²) in [5, 5.41) is 13.0. The molecular weight excluding hydrogens is 275 g/mol. The zero-order valence-corrected chi connectivity index (χ0v) is 10.7. The maximum Gasteiger partial charge on any atom is 0.339 e. The largest absolute Gasteiger partial charge is 0.478 e. The second kappa shape index (κ2) is 5.38. The number of aromatic carboxylic acids is 1. The first-order valence-corrected chi connectivity index (χ1v) is 5.67. The van der Waals surface area contributed by atoms with Crippen molar-refractivity contribution in [1.82, 2.24) is 9.78 Å². The molecule has 0 fully saturated rings. The smallest absolute Gasteiger partial charge is 0.339 e. The zero-order valence-electron chi connectivity index (χ0n) is 9.93. The molecule has 0 unspecified atom stereocenters. The third-order valence-corrected chi connectivity index (χ3v) is 2.82. The van der Waals surface area contributed by atoms with Gasteiger partial charge in [0.1, 0.15) is 11.4 Å². The molecular formula is C12H10ClFN2O3. The maximum atomic E-state index is 13.1. The number of methoxy groups -OCH3 is 1. The molecule has 0 aliphatic rings. The van der Waals surface area contributed by atoms with Crippen LogP contribution < -0.4 is 0 Å². The third kappa shape index (κ3) is 2.59. The van der Waals surface area contributed by atoms with E-state index in [1.54, 1.807) is 0 Å². The number of halogens is 2. The van der Waals surface area contributed by atoms with Gasteiger partial charge in [-0.05, 0) is 18.2 Å². The summed E-state index contributed by atoms with van der Waals surface area (Å²) in [6.07, 6.45) is 1.22. The highest BCUT2D eigenvalue weighted by atomic mass is 35.5. The number of carbonyl (C=O) groups is 1. The van der Waals surface area contributed by atoms with E-state index in [-0.39, 0.29) is 17.2 Å². The Morgan fingerprint density at radius 3 is 2.89 bits per heavy atom. The van der Waals surface area contributed by atoms with Crippen LogP contribution in [-0.4, -0.2) is 28.0 Å². The van der Waals surface area contributed by atoms with Gasteiger partial charge in [-0.25, -0.2) is 13.9 Å². The first kappa shape index (κ1) is 13.5. The SMILES string of the molecule is COCc1c(C(=O)O)cnn1-c1ccc(F)c(Cl)c1. The van der Waals surface area contributed by atoms with Gasteiger partial charge < -0.3 is 9.84 Å². The van der Waals surface area contributed by atoms with Crippen LogP contribution in [-0.2, 0) is 11.3 Å². The first-order chi connectivity index (χ1) is 9.04. The molecule has 5 nitrogen and oxygen atoms in total. The Morgan fingerprint density at radius 1 is 1.58 bits per heavy atom. The number of carboxylic acid groups (broad SMARTS) is 1. The molecule has 100 valence electrons. The van der Waals surface area contributed by atoms with E-state index in [1.165, 1.54) is 36.2 Å². The van der Waals surface area contributed by atoms with E-state index in [9.17, 15) is 9.18 Å². The molecule has 1 N–H and O–H groups in total. The van der Waals surface area contributed by atoms with Crippen LogP contribution in [0.5, 0.6) is 0 Å². The van der Waals surface area contributed by atoms with Crippen molar-refractivity contribution in [3.05, 3.63) is 46.5 Å². The standard InChI is InChI=1S/C12H10ClFN2O3/c1-19-6-11-8(12(17)18)5-15-16(11)7-2-3-10(14)9(13)4-7/h2-5H,6H2,1H3,(H,17,18). The average Bonchev–Trinajstić information content (AvgIpc) is 2.77. The molecule has 19 heavy (non-hydrogen) atoms. The second-order valence-corrected chi connectivity index (χ2v) is 4.16. The molecule has 1 heterocycles. The van der Waals surface area contributed by atoms with E-state index >= 15 is 0 Å². The van der Waals surface area contributed by atoms with Gasteiger partial charge in [-0.2, -0.15) is 5.10 Å². The van der Waals surface area contributed by atoms with Crippen LogP contribution >= 0.6 is 11.6 Å². The topological polar surface area (TPSA) is 64.3 Å². The number of rotatable bonds is 4. The van der Waals surface area contributed by atoms with Crippen molar-refractivity contribution < 1.29 is 19.0 Å². The summed E-state index contributed by atoms with van der Waals surface area (Å²) >= 11 is 5.70. The predicted molar refractivity (Wildman–Crippen MR) is 66.2 cm³/mol. The van der Waals surface area contributed by atoms with Crippen molar-refractivity contribution >= 4 is 17.6 Å². The lowest BCUT2D eigenvalue weighted by Gasteiger charge is -2.08. The normalized spacial score (nSPS) is 10.7. The molecule has 0 saturated carbocycles. The Kier molecular flexibility index (Phi) is 3.82. The van der Waals surface area contributed by atoms with E-state index in [0.717, 1.165) is 0 Å². The summed E-state index contributed by atoms with van der Waals surface area (Å²) in [7, 11) is 1.45. The highest BCUT2D eigenvalue weighted by Gasteiger charge is 2.18. The molecule has 1 aromatic heterocycles. The molecule has 0 bridgehead atoms. The van der Waals surface area contributed by atoms with E-state index in [1.807, 2.05) is 0 Å². The number of hydrogen-bond donors (Lipinski definition) is 1. The Balaban J connectivity index is 2.55. The molecule has 0 saturated heterocycles. The summed E-state index contributed by atoms with van der Waals surface area (Å²) in [5.74, 6) is -1.66. The fourth-order valence-corrected chi connectivity index (χ4v) is 1.84. The van der Waals surface area contributed by atoms with Crippen molar-refractivity contribution in [3.63, 3.8) is 0 Å². The highest BCUT2D eigenvalue weighted by Crippen LogP contribution is 2.21. The van der Waals surface area contributed by atoms with Crippen LogP contribution in [0.3, 0.4) is 0 Å². The highest BCUT2D eigenvalue weighted by molar-refractivity contribution is 6.30. The molecule has 2 aromatic rings. The fraction of sp³-hybridized carbons (Fsp3) is 0.167. The third-order valence-electron chi connectivity index (χ3n) is 2.53. The monoisotopic (exact) mass is 284 g/mol. The van der Waals surface area contributed by atoms with E-state index in [4.69, 9.17) is 21.4 Å². The van der Waals surface area contributed by atoms with Gasteiger partial charge in [0, 0.05) is 7.11 Å². The van der Waals surface area contributed by atoms with Crippen LogP contribution in [0.2, 0.25) is 5.02 Å². The minimum atomic E-state index is -1.11. The van der Waals surface area contributed by atoms with Crippen molar-refractivity contribution in [2.45, 2.75) is 6.61 Å². The van der Waals surface area contributed by atoms with Gasteiger partial charge in [-0.3, -0.25) is 0 Å². The number of benzene rings is 1. The van der Waals surface area contributed by atoms with Crippen molar-refractivity contribution in [2.75, 3.05) is 7.11 Å². The summed E-state index contributed by atoms with van der Waals surface area (Å²) in [6, 6.07) is 4.02. The van der Waals surface area contributed by atoms with Gasteiger partial charge in [0.05, 0.1) is 29.2 Å². The van der Waals surface area contributed by atoms with Gasteiger partial charge in [-0.1, -0.05) is 11.6 Å². The lowest BCUT2D eigenvalue weighted by molar-refractivity contribution is 0.0691. The van der Waals surface area contributed by atoms with Gasteiger partial charge in [0.25, 0.3) is 0 Å². The van der Waals surface area contributed by atoms with Crippen molar-refractivity contribution in [1.29, 1.82) is 0 Å². The van der Waals surface area contributed by atoms with Crippen LogP contribution in [0.1, 0.15) is 16.1 Å². The summed E-state index contributed by atoms with van der Waals surface area (Å²) in [4.78, 5) is 11.1. The molecule has 0 radical (unpaired) electrons. The second-order valence-electron chi connectivity index (χ2n) is 3.75. The van der Waals surface area contributed by atoms with Crippen LogP contribution in [0.15, 0.2) is 24.4 Å². The summed E-state index contributed by atoms with van der Waals surface area (Å²) in [5.41, 5.74) is 0.853. The molecule has 0 aliphatic carbocycles. The molecule has 0 atom stereocenters. The quantitative estimate of drug-likeness (QED) is 0.937. The predicted octanol–water partition coefficient (Wildman–Crippen LogP) is 2.51. The van der Waals surface area contributed by atoms with Gasteiger partial charge in [0.2, 0.25) is 0 Å². The average molecular weight is 285 g/mol. The zero-order chi connectivity index (χ0) is 14.0. The lowest BCUT2D eigenvalue weighted by atomic mass is 10.2. The minimum absolute atomic E-state index is 0.0299. The van der Waals surface area contributed by atoms with E-state index < -0.39 is 11.8 Å². The summed E-state index contributed by atoms with van der Waals surface area (Å²) in [6.45, 7) is 0.0661. The maximum absolute atomic E-state index is 13.1. The molecule has 1 aromatic carbocycles. The number of hydrogen-bond acceptors (Lipinski definition) is 3. The Morgan fingerprint density at radius 2 is 2.32 bits per heavy atom. The van der Waals surface area contributed by atoms with E-state index in [0.29, 0.717) is 11.4 Å². The Bertz CT molecular complexity index is 627. The molecule has 2 rings (SSSR count). The first-order valence-electron chi connectivity index (χ1n) is 5.29. The van der Waals surface area contributed by atoms with Crippen molar-refractivity contribution in [3.8, 4) is 5.69 Å². The summed E-state index contributed by atoms with van der Waals surface area (Å²) < 4.78 is 19.4. The Hall–Kier alpha value is -1.92. The van der Waals surface area contributed by atoms with Crippen LogP contribution in [0, 0.1) is 5.82 Å². The number of nitrogens with zero attached hydrogens (tertiary/aromatic N) is 2. The lowest BCUT2D eigenvalue weighted by Crippen LogP contribution is -2.07.